The zero-order valence-corrected chi connectivity index (χ0v) is 17.3. The van der Waals surface area contributed by atoms with Crippen LogP contribution in [0.4, 0.5) is 0 Å². The molecule has 0 saturated carbocycles. The van der Waals surface area contributed by atoms with Crippen molar-refractivity contribution < 1.29 is 23.1 Å². The van der Waals surface area contributed by atoms with Crippen LogP contribution in [0.2, 0.25) is 5.02 Å². The lowest BCUT2D eigenvalue weighted by Crippen LogP contribution is -2.46. The van der Waals surface area contributed by atoms with Gasteiger partial charge in [-0.1, -0.05) is 35.9 Å². The third-order valence-corrected chi connectivity index (χ3v) is 6.35. The van der Waals surface area contributed by atoms with Gasteiger partial charge in [-0.05, 0) is 48.7 Å². The predicted molar refractivity (Wildman–Crippen MR) is 109 cm³/mol. The van der Waals surface area contributed by atoms with Crippen molar-refractivity contribution in [3.8, 4) is 0 Å². The maximum atomic E-state index is 12.8. The summed E-state index contributed by atoms with van der Waals surface area (Å²) in [5.74, 6) is -1.37. The van der Waals surface area contributed by atoms with Gasteiger partial charge >= 0.3 is 16.2 Å². The third kappa shape index (κ3) is 4.34. The Hall–Kier alpha value is -2.68. The average molecular weight is 435 g/mol. The molecule has 1 heterocycles. The molecule has 0 spiro atoms. The number of carboxylic acid groups (broad SMARTS) is 1. The van der Waals surface area contributed by atoms with Crippen molar-refractivity contribution in [1.82, 2.24) is 9.03 Å². The molecule has 3 rings (SSSR count). The summed E-state index contributed by atoms with van der Waals surface area (Å²) in [6.07, 6.45) is 1.20. The Bertz CT molecular complexity index is 1110. The summed E-state index contributed by atoms with van der Waals surface area (Å²) in [5.41, 5.74) is 2.31. The molecule has 2 N–H and O–H groups in total. The number of carbonyl (C=O) groups excluding carboxylic acids is 1. The standard InChI is InChI=1S/C20H19ClN2O5S/c1-12-3-8-16(18(21)9-12)19-17(13(2)24)10-22-29(27,28)23(19)11-14-4-6-15(7-5-14)20(25)26/h3-10,19,22H,11H2,1-2H3,(H,25,26). The number of Topliss-reactive ketones (excluding diaryl/α,β-unsaturated/α-hetero) is 1. The van der Waals surface area contributed by atoms with Gasteiger partial charge in [0.1, 0.15) is 0 Å². The van der Waals surface area contributed by atoms with Gasteiger partial charge in [-0.15, -0.1) is 0 Å². The molecule has 1 aliphatic heterocycles. The zero-order chi connectivity index (χ0) is 21.3. The maximum absolute atomic E-state index is 12.8. The molecule has 29 heavy (non-hydrogen) atoms. The quantitative estimate of drug-likeness (QED) is 0.752. The highest BCUT2D eigenvalue weighted by molar-refractivity contribution is 7.87. The number of halogens is 1. The Kier molecular flexibility index (Phi) is 5.79. The number of carboxylic acids is 1. The second-order valence-electron chi connectivity index (χ2n) is 6.75. The minimum absolute atomic E-state index is 0.0747. The number of ketones is 1. The smallest absolute Gasteiger partial charge is 0.335 e. The van der Waals surface area contributed by atoms with Crippen molar-refractivity contribution in [2.75, 3.05) is 0 Å². The largest absolute Gasteiger partial charge is 0.478 e. The van der Waals surface area contributed by atoms with Gasteiger partial charge in [0.05, 0.1) is 11.6 Å². The Morgan fingerprint density at radius 3 is 2.38 bits per heavy atom. The predicted octanol–water partition coefficient (Wildman–Crippen LogP) is 3.21. The third-order valence-electron chi connectivity index (χ3n) is 4.65. The highest BCUT2D eigenvalue weighted by Gasteiger charge is 2.39. The molecule has 0 aliphatic carbocycles. The molecule has 2 aromatic carbocycles. The highest BCUT2D eigenvalue weighted by Crippen LogP contribution is 2.38. The molecule has 1 unspecified atom stereocenters. The molecule has 0 radical (unpaired) electrons. The van der Waals surface area contributed by atoms with E-state index in [1.807, 2.05) is 6.92 Å². The van der Waals surface area contributed by atoms with Crippen LogP contribution in [0.1, 0.15) is 40.0 Å². The number of aromatic carboxylic acids is 1. The molecule has 1 atom stereocenters. The first-order valence-corrected chi connectivity index (χ1v) is 10.5. The van der Waals surface area contributed by atoms with Crippen LogP contribution in [0.15, 0.2) is 54.2 Å². The van der Waals surface area contributed by atoms with E-state index in [0.29, 0.717) is 16.1 Å². The van der Waals surface area contributed by atoms with Crippen molar-refractivity contribution in [2.45, 2.75) is 26.4 Å². The van der Waals surface area contributed by atoms with Gasteiger partial charge in [0.2, 0.25) is 0 Å². The van der Waals surface area contributed by atoms with Gasteiger partial charge in [-0.3, -0.25) is 9.52 Å². The van der Waals surface area contributed by atoms with Gasteiger partial charge in [-0.2, -0.15) is 12.7 Å². The number of aryl methyl sites for hydroxylation is 1. The van der Waals surface area contributed by atoms with E-state index in [4.69, 9.17) is 16.7 Å². The Labute approximate surface area is 173 Å². The summed E-state index contributed by atoms with van der Waals surface area (Å²) in [6.45, 7) is 3.15. The molecule has 0 saturated heterocycles. The highest BCUT2D eigenvalue weighted by atomic mass is 35.5. The molecule has 7 nitrogen and oxygen atoms in total. The lowest BCUT2D eigenvalue weighted by atomic mass is 9.95. The van der Waals surface area contributed by atoms with E-state index in [2.05, 4.69) is 4.72 Å². The average Bonchev–Trinajstić information content (AvgIpc) is 2.63. The molecule has 0 fully saturated rings. The van der Waals surface area contributed by atoms with E-state index >= 15 is 0 Å². The van der Waals surface area contributed by atoms with Crippen LogP contribution >= 0.6 is 11.6 Å². The summed E-state index contributed by atoms with van der Waals surface area (Å²) in [4.78, 5) is 23.3. The molecular weight excluding hydrogens is 416 g/mol. The minimum atomic E-state index is -3.96. The Morgan fingerprint density at radius 2 is 1.83 bits per heavy atom. The van der Waals surface area contributed by atoms with Crippen LogP contribution < -0.4 is 4.72 Å². The van der Waals surface area contributed by atoms with Crippen LogP contribution in [0.5, 0.6) is 0 Å². The second-order valence-corrected chi connectivity index (χ2v) is 8.82. The first-order chi connectivity index (χ1) is 13.6. The van der Waals surface area contributed by atoms with Gasteiger partial charge in [0, 0.05) is 23.3 Å². The normalized spacial score (nSPS) is 18.6. The van der Waals surface area contributed by atoms with Crippen LogP contribution in [0, 0.1) is 6.92 Å². The number of nitrogens with one attached hydrogen (secondary N) is 1. The molecule has 0 aromatic heterocycles. The minimum Gasteiger partial charge on any atom is -0.478 e. The van der Waals surface area contributed by atoms with Gasteiger partial charge in [-0.25, -0.2) is 4.79 Å². The van der Waals surface area contributed by atoms with Crippen molar-refractivity contribution in [3.63, 3.8) is 0 Å². The van der Waals surface area contributed by atoms with Gasteiger partial charge in [0.25, 0.3) is 0 Å². The number of nitrogens with zero attached hydrogens (tertiary/aromatic N) is 1. The molecular formula is C20H19ClN2O5S. The van der Waals surface area contributed by atoms with Crippen molar-refractivity contribution in [1.29, 1.82) is 0 Å². The number of benzene rings is 2. The first kappa shape index (κ1) is 21.0. The van der Waals surface area contributed by atoms with Gasteiger partial charge < -0.3 is 5.11 Å². The SMILES string of the molecule is CC(=O)C1=CNS(=O)(=O)N(Cc2ccc(C(=O)O)cc2)C1c1ccc(C)cc1Cl. The van der Waals surface area contributed by atoms with E-state index in [9.17, 15) is 18.0 Å². The van der Waals surface area contributed by atoms with E-state index < -0.39 is 22.2 Å². The van der Waals surface area contributed by atoms with E-state index in [-0.39, 0.29) is 23.5 Å². The van der Waals surface area contributed by atoms with Gasteiger partial charge in [0.15, 0.2) is 5.78 Å². The summed E-state index contributed by atoms with van der Waals surface area (Å²) in [5, 5.41) is 9.40. The van der Waals surface area contributed by atoms with Crippen LogP contribution in [-0.2, 0) is 21.5 Å². The topological polar surface area (TPSA) is 104 Å². The van der Waals surface area contributed by atoms with E-state index in [0.717, 1.165) is 9.87 Å². The molecule has 0 amide bonds. The first-order valence-electron chi connectivity index (χ1n) is 8.68. The second kappa shape index (κ2) is 7.98. The summed E-state index contributed by atoms with van der Waals surface area (Å²) < 4.78 is 29.1. The molecule has 9 heteroatoms. The van der Waals surface area contributed by atoms with Crippen LogP contribution in [-0.4, -0.2) is 29.6 Å². The Morgan fingerprint density at radius 1 is 1.17 bits per heavy atom. The lowest BCUT2D eigenvalue weighted by molar-refractivity contribution is -0.114. The molecule has 1 aliphatic rings. The zero-order valence-electron chi connectivity index (χ0n) is 15.7. The van der Waals surface area contributed by atoms with Crippen LogP contribution in [0.25, 0.3) is 0 Å². The van der Waals surface area contributed by atoms with Crippen molar-refractivity contribution in [2.24, 2.45) is 0 Å². The number of hydrogen-bond donors (Lipinski definition) is 2. The maximum Gasteiger partial charge on any atom is 0.335 e. The van der Waals surface area contributed by atoms with Crippen molar-refractivity contribution in [3.05, 3.63) is 81.5 Å². The summed E-state index contributed by atoms with van der Waals surface area (Å²) in [7, 11) is -3.96. The fourth-order valence-corrected chi connectivity index (χ4v) is 4.73. The molecule has 0 bridgehead atoms. The Balaban J connectivity index is 2.10. The summed E-state index contributed by atoms with van der Waals surface area (Å²) in [6, 6.07) is 10.2. The molecule has 152 valence electrons. The lowest BCUT2D eigenvalue weighted by Gasteiger charge is -2.35. The van der Waals surface area contributed by atoms with Crippen LogP contribution in [0.3, 0.4) is 0 Å². The molecule has 2 aromatic rings. The van der Waals surface area contributed by atoms with Crippen molar-refractivity contribution >= 4 is 33.6 Å². The monoisotopic (exact) mass is 434 g/mol. The fraction of sp³-hybridized carbons (Fsp3) is 0.200. The number of hydrogen-bond acceptors (Lipinski definition) is 4. The van der Waals surface area contributed by atoms with E-state index in [1.54, 1.807) is 30.3 Å². The fourth-order valence-electron chi connectivity index (χ4n) is 3.16. The summed E-state index contributed by atoms with van der Waals surface area (Å²) >= 11 is 6.40. The van der Waals surface area contributed by atoms with E-state index in [1.165, 1.54) is 25.3 Å². The number of rotatable bonds is 5. The number of carbonyl (C=O) groups is 2.